The Morgan fingerprint density at radius 3 is 2.87 bits per heavy atom. The van der Waals surface area contributed by atoms with Crippen molar-refractivity contribution in [1.29, 1.82) is 0 Å². The summed E-state index contributed by atoms with van der Waals surface area (Å²) in [6.07, 6.45) is 1.56. The smallest absolute Gasteiger partial charge is 0.275 e. The zero-order chi connectivity index (χ0) is 16.4. The molecule has 0 aliphatic carbocycles. The van der Waals surface area contributed by atoms with E-state index < -0.39 is 5.91 Å². The number of rotatable bonds is 3. The van der Waals surface area contributed by atoms with Crippen LogP contribution in [0.4, 0.5) is 10.1 Å². The number of carbonyl (C=O) groups is 1. The summed E-state index contributed by atoms with van der Waals surface area (Å²) in [5.41, 5.74) is 1.66. The van der Waals surface area contributed by atoms with Crippen molar-refractivity contribution in [2.75, 3.05) is 5.32 Å². The van der Waals surface area contributed by atoms with Gasteiger partial charge in [0.05, 0.1) is 16.4 Å². The maximum absolute atomic E-state index is 13.8. The fourth-order valence-electron chi connectivity index (χ4n) is 1.97. The van der Waals surface area contributed by atoms with Crippen molar-refractivity contribution in [3.05, 3.63) is 64.1 Å². The van der Waals surface area contributed by atoms with E-state index in [9.17, 15) is 9.18 Å². The first-order chi connectivity index (χ1) is 11.1. The lowest BCUT2D eigenvalue weighted by molar-refractivity contribution is 0.102. The summed E-state index contributed by atoms with van der Waals surface area (Å²) in [4.78, 5) is 20.5. The van der Waals surface area contributed by atoms with E-state index in [1.54, 1.807) is 42.8 Å². The van der Waals surface area contributed by atoms with Crippen LogP contribution in [-0.4, -0.2) is 15.9 Å². The SMILES string of the molecule is Cc1nccc(NC(=O)c2csc(-c3ccccc3F)n2)c1Cl. The lowest BCUT2D eigenvalue weighted by atomic mass is 10.2. The molecule has 0 fully saturated rings. The van der Waals surface area contributed by atoms with E-state index >= 15 is 0 Å². The number of hydrogen-bond acceptors (Lipinski definition) is 4. The van der Waals surface area contributed by atoms with Gasteiger partial charge in [0.25, 0.3) is 5.91 Å². The van der Waals surface area contributed by atoms with Crippen molar-refractivity contribution in [1.82, 2.24) is 9.97 Å². The van der Waals surface area contributed by atoms with Gasteiger partial charge in [0, 0.05) is 17.1 Å². The molecule has 1 aromatic carbocycles. The number of benzene rings is 1. The van der Waals surface area contributed by atoms with Crippen LogP contribution in [0.5, 0.6) is 0 Å². The molecule has 3 rings (SSSR count). The number of thiazole rings is 1. The maximum Gasteiger partial charge on any atom is 0.275 e. The second-order valence-electron chi connectivity index (χ2n) is 4.73. The minimum absolute atomic E-state index is 0.207. The highest BCUT2D eigenvalue weighted by Gasteiger charge is 2.15. The zero-order valence-corrected chi connectivity index (χ0v) is 13.6. The first-order valence-electron chi connectivity index (χ1n) is 6.69. The maximum atomic E-state index is 13.8. The van der Waals surface area contributed by atoms with Crippen molar-refractivity contribution >= 4 is 34.5 Å². The fraction of sp³-hybridized carbons (Fsp3) is 0.0625. The van der Waals surface area contributed by atoms with Gasteiger partial charge in [-0.15, -0.1) is 11.3 Å². The van der Waals surface area contributed by atoms with Crippen molar-refractivity contribution in [2.24, 2.45) is 0 Å². The molecule has 1 amide bonds. The topological polar surface area (TPSA) is 54.9 Å². The standard InChI is InChI=1S/C16H11ClFN3OS/c1-9-14(17)12(6-7-19-9)20-15(22)13-8-23-16(21-13)10-4-2-3-5-11(10)18/h2-8H,1H3,(H,19,20,22). The molecule has 116 valence electrons. The Morgan fingerprint density at radius 2 is 2.09 bits per heavy atom. The molecule has 2 heterocycles. The van der Waals surface area contributed by atoms with E-state index in [1.165, 1.54) is 17.4 Å². The number of halogens is 2. The molecule has 2 aromatic heterocycles. The third-order valence-electron chi connectivity index (χ3n) is 3.15. The quantitative estimate of drug-likeness (QED) is 0.755. The average Bonchev–Trinajstić information content (AvgIpc) is 3.02. The van der Waals surface area contributed by atoms with Gasteiger partial charge in [-0.3, -0.25) is 9.78 Å². The summed E-state index contributed by atoms with van der Waals surface area (Å²) in [5, 5.41) is 5.10. The van der Waals surface area contributed by atoms with Gasteiger partial charge in [0.15, 0.2) is 0 Å². The van der Waals surface area contributed by atoms with Gasteiger partial charge in [-0.05, 0) is 25.1 Å². The minimum atomic E-state index is -0.406. The Labute approximate surface area is 141 Å². The lowest BCUT2D eigenvalue weighted by Crippen LogP contribution is -2.13. The molecule has 4 nitrogen and oxygen atoms in total. The molecule has 23 heavy (non-hydrogen) atoms. The molecular weight excluding hydrogens is 337 g/mol. The molecule has 0 bridgehead atoms. The van der Waals surface area contributed by atoms with Crippen molar-refractivity contribution in [3.8, 4) is 10.6 Å². The molecule has 0 saturated heterocycles. The summed E-state index contributed by atoms with van der Waals surface area (Å²) >= 11 is 7.31. The molecule has 0 spiro atoms. The molecule has 0 unspecified atom stereocenters. The summed E-state index contributed by atoms with van der Waals surface area (Å²) in [7, 11) is 0. The first kappa shape index (κ1) is 15.6. The zero-order valence-electron chi connectivity index (χ0n) is 12.0. The van der Waals surface area contributed by atoms with Gasteiger partial charge in [0.2, 0.25) is 0 Å². The molecule has 0 aliphatic heterocycles. The lowest BCUT2D eigenvalue weighted by Gasteiger charge is -2.06. The van der Waals surface area contributed by atoms with Crippen molar-refractivity contribution in [3.63, 3.8) is 0 Å². The molecule has 7 heteroatoms. The van der Waals surface area contributed by atoms with E-state index in [4.69, 9.17) is 11.6 Å². The minimum Gasteiger partial charge on any atom is -0.319 e. The monoisotopic (exact) mass is 347 g/mol. The highest BCUT2D eigenvalue weighted by atomic mass is 35.5. The van der Waals surface area contributed by atoms with Gasteiger partial charge >= 0.3 is 0 Å². The number of hydrogen-bond donors (Lipinski definition) is 1. The highest BCUT2D eigenvalue weighted by molar-refractivity contribution is 7.13. The van der Waals surface area contributed by atoms with Crippen LogP contribution >= 0.6 is 22.9 Å². The van der Waals surface area contributed by atoms with Crippen LogP contribution in [-0.2, 0) is 0 Å². The molecule has 0 saturated carbocycles. The molecule has 0 aliphatic rings. The van der Waals surface area contributed by atoms with E-state index in [0.29, 0.717) is 27.0 Å². The van der Waals surface area contributed by atoms with Gasteiger partial charge < -0.3 is 5.32 Å². The second-order valence-corrected chi connectivity index (χ2v) is 5.97. The number of aromatic nitrogens is 2. The van der Waals surface area contributed by atoms with Gasteiger partial charge in [-0.25, -0.2) is 9.37 Å². The molecule has 1 N–H and O–H groups in total. The number of nitrogens with zero attached hydrogens (tertiary/aromatic N) is 2. The summed E-state index contributed by atoms with van der Waals surface area (Å²) in [5.74, 6) is -0.780. The Bertz CT molecular complexity index is 881. The van der Waals surface area contributed by atoms with Gasteiger partial charge in [0.1, 0.15) is 16.5 Å². The highest BCUT2D eigenvalue weighted by Crippen LogP contribution is 2.27. The molecule has 0 atom stereocenters. The van der Waals surface area contributed by atoms with E-state index in [-0.39, 0.29) is 11.5 Å². The van der Waals surface area contributed by atoms with Crippen LogP contribution in [0.3, 0.4) is 0 Å². The third-order valence-corrected chi connectivity index (χ3v) is 4.51. The number of aryl methyl sites for hydroxylation is 1. The number of carbonyl (C=O) groups excluding carboxylic acids is 1. The predicted molar refractivity (Wildman–Crippen MR) is 89.4 cm³/mol. The Kier molecular flexibility index (Phi) is 4.36. The number of amides is 1. The Hall–Kier alpha value is -2.31. The summed E-state index contributed by atoms with van der Waals surface area (Å²) in [6.45, 7) is 1.75. The van der Waals surface area contributed by atoms with Crippen LogP contribution in [0.2, 0.25) is 5.02 Å². The molecule has 3 aromatic rings. The van der Waals surface area contributed by atoms with E-state index in [2.05, 4.69) is 15.3 Å². The summed E-state index contributed by atoms with van der Waals surface area (Å²) in [6, 6.07) is 7.92. The van der Waals surface area contributed by atoms with E-state index in [1.807, 2.05) is 0 Å². The Morgan fingerprint density at radius 1 is 1.30 bits per heavy atom. The summed E-state index contributed by atoms with van der Waals surface area (Å²) < 4.78 is 13.8. The number of pyridine rings is 1. The third kappa shape index (κ3) is 3.23. The molecule has 0 radical (unpaired) electrons. The number of anilines is 1. The predicted octanol–water partition coefficient (Wildman–Crippen LogP) is 4.56. The Balaban J connectivity index is 1.84. The average molecular weight is 348 g/mol. The first-order valence-corrected chi connectivity index (χ1v) is 7.95. The largest absolute Gasteiger partial charge is 0.319 e. The van der Waals surface area contributed by atoms with Gasteiger partial charge in [-0.1, -0.05) is 23.7 Å². The number of nitrogens with one attached hydrogen (secondary N) is 1. The van der Waals surface area contributed by atoms with E-state index in [0.717, 1.165) is 0 Å². The van der Waals surface area contributed by atoms with Crippen LogP contribution in [0.15, 0.2) is 41.9 Å². The van der Waals surface area contributed by atoms with Crippen LogP contribution in [0, 0.1) is 12.7 Å². The van der Waals surface area contributed by atoms with Crippen LogP contribution in [0.25, 0.3) is 10.6 Å². The molecular formula is C16H11ClFN3OS. The van der Waals surface area contributed by atoms with Crippen molar-refractivity contribution < 1.29 is 9.18 Å². The normalized spacial score (nSPS) is 10.6. The van der Waals surface area contributed by atoms with Crippen LogP contribution in [0.1, 0.15) is 16.2 Å². The second kappa shape index (κ2) is 6.44. The van der Waals surface area contributed by atoms with Gasteiger partial charge in [-0.2, -0.15) is 0 Å². The van der Waals surface area contributed by atoms with Crippen molar-refractivity contribution in [2.45, 2.75) is 6.92 Å². The van der Waals surface area contributed by atoms with Crippen LogP contribution < -0.4 is 5.32 Å². The fourth-order valence-corrected chi connectivity index (χ4v) is 2.95.